The van der Waals surface area contributed by atoms with Crippen LogP contribution in [0.25, 0.3) is 0 Å². The smallest absolute Gasteiger partial charge is 0.338 e. The van der Waals surface area contributed by atoms with Crippen molar-refractivity contribution in [2.45, 2.75) is 4.90 Å². The molecule has 0 radical (unpaired) electrons. The Labute approximate surface area is 210 Å². The van der Waals surface area contributed by atoms with E-state index in [1.807, 2.05) is 0 Å². The highest BCUT2D eigenvalue weighted by Gasteiger charge is 2.20. The summed E-state index contributed by atoms with van der Waals surface area (Å²) in [5.41, 5.74) is 0.334. The van der Waals surface area contributed by atoms with E-state index in [2.05, 4.69) is 15.0 Å². The molecule has 1 aliphatic heterocycles. The number of nitrogens with one attached hydrogen (secondary N) is 2. The lowest BCUT2D eigenvalue weighted by atomic mass is 10.2. The normalized spacial score (nSPS) is 12.5. The first kappa shape index (κ1) is 24.6. The maximum atomic E-state index is 12.7. The maximum absolute atomic E-state index is 12.7. The number of hydrogen-bond donors (Lipinski definition) is 2. The van der Waals surface area contributed by atoms with Crippen molar-refractivity contribution in [2.75, 3.05) is 29.9 Å². The summed E-state index contributed by atoms with van der Waals surface area (Å²) in [4.78, 5) is 28.1. The molecule has 2 aromatic carbocycles. The van der Waals surface area contributed by atoms with Gasteiger partial charge < -0.3 is 19.5 Å². The number of nitrogens with zero attached hydrogens (tertiary/aromatic N) is 1. The predicted molar refractivity (Wildman–Crippen MR) is 128 cm³/mol. The molecule has 1 amide bonds. The number of fused-ring (bicyclic) bond motifs is 1. The van der Waals surface area contributed by atoms with Crippen LogP contribution in [0, 0.1) is 0 Å². The van der Waals surface area contributed by atoms with Crippen LogP contribution in [0.4, 0.5) is 11.5 Å². The van der Waals surface area contributed by atoms with Crippen molar-refractivity contribution >= 4 is 56.6 Å². The van der Waals surface area contributed by atoms with Crippen molar-refractivity contribution < 1.29 is 32.2 Å². The van der Waals surface area contributed by atoms with Gasteiger partial charge in [-0.15, -0.1) is 0 Å². The van der Waals surface area contributed by atoms with Crippen LogP contribution in [0.2, 0.25) is 10.0 Å². The van der Waals surface area contributed by atoms with Gasteiger partial charge in [0.2, 0.25) is 0 Å². The van der Waals surface area contributed by atoms with Gasteiger partial charge in [0, 0.05) is 18.0 Å². The number of halogens is 2. The summed E-state index contributed by atoms with van der Waals surface area (Å²) in [7, 11) is -3.92. The molecule has 0 spiro atoms. The van der Waals surface area contributed by atoms with E-state index >= 15 is 0 Å². The van der Waals surface area contributed by atoms with E-state index in [0.717, 1.165) is 0 Å². The zero-order chi connectivity index (χ0) is 25.0. The number of esters is 1. The molecule has 3 aromatic rings. The number of rotatable bonds is 7. The van der Waals surface area contributed by atoms with Gasteiger partial charge in [-0.2, -0.15) is 0 Å². The molecule has 182 valence electrons. The Morgan fingerprint density at radius 1 is 1.00 bits per heavy atom. The Hall–Kier alpha value is -3.54. The lowest BCUT2D eigenvalue weighted by Gasteiger charge is -2.19. The molecule has 4 rings (SSSR count). The average Bonchev–Trinajstić information content (AvgIpc) is 2.84. The zero-order valence-electron chi connectivity index (χ0n) is 17.8. The van der Waals surface area contributed by atoms with Crippen molar-refractivity contribution in [3.05, 3.63) is 70.3 Å². The van der Waals surface area contributed by atoms with Crippen LogP contribution in [0.15, 0.2) is 59.6 Å². The third kappa shape index (κ3) is 6.13. The lowest BCUT2D eigenvalue weighted by Crippen LogP contribution is -2.21. The molecule has 2 N–H and O–H groups in total. The number of benzene rings is 2. The molecule has 10 nitrogen and oxygen atoms in total. The van der Waals surface area contributed by atoms with E-state index in [1.165, 1.54) is 54.7 Å². The number of hydrogen-bond acceptors (Lipinski definition) is 8. The molecular weight excluding hydrogens is 521 g/mol. The largest absolute Gasteiger partial charge is 0.486 e. The number of sulfonamides is 1. The topological polar surface area (TPSA) is 133 Å². The quantitative estimate of drug-likeness (QED) is 0.435. The highest BCUT2D eigenvalue weighted by Crippen LogP contribution is 2.32. The minimum Gasteiger partial charge on any atom is -0.486 e. The molecule has 0 atom stereocenters. The van der Waals surface area contributed by atoms with Gasteiger partial charge >= 0.3 is 5.97 Å². The first-order valence-corrected chi connectivity index (χ1v) is 12.3. The Bertz CT molecular complexity index is 1380. The van der Waals surface area contributed by atoms with Crippen LogP contribution in [0.1, 0.15) is 10.4 Å². The fourth-order valence-electron chi connectivity index (χ4n) is 2.97. The van der Waals surface area contributed by atoms with E-state index in [9.17, 15) is 18.0 Å². The van der Waals surface area contributed by atoms with Crippen molar-refractivity contribution in [3.8, 4) is 11.5 Å². The van der Waals surface area contributed by atoms with Gasteiger partial charge in [-0.1, -0.05) is 23.2 Å². The van der Waals surface area contributed by atoms with Crippen LogP contribution in [0.3, 0.4) is 0 Å². The van der Waals surface area contributed by atoms with Crippen molar-refractivity contribution in [2.24, 2.45) is 0 Å². The molecule has 0 fully saturated rings. The third-order valence-corrected chi connectivity index (χ3v) is 6.47. The van der Waals surface area contributed by atoms with Gasteiger partial charge in [-0.25, -0.2) is 18.2 Å². The maximum Gasteiger partial charge on any atom is 0.338 e. The summed E-state index contributed by atoms with van der Waals surface area (Å²) in [5, 5.41) is 2.84. The van der Waals surface area contributed by atoms with Crippen molar-refractivity contribution in [1.82, 2.24) is 4.98 Å². The van der Waals surface area contributed by atoms with Gasteiger partial charge in [0.25, 0.3) is 15.9 Å². The lowest BCUT2D eigenvalue weighted by molar-refractivity contribution is -0.119. The van der Waals surface area contributed by atoms with Crippen LogP contribution >= 0.6 is 23.2 Å². The van der Waals surface area contributed by atoms with Crippen molar-refractivity contribution in [3.63, 3.8) is 0 Å². The molecule has 0 aliphatic carbocycles. The summed E-state index contributed by atoms with van der Waals surface area (Å²) in [6, 6.07) is 11.2. The fourth-order valence-corrected chi connectivity index (χ4v) is 4.47. The zero-order valence-corrected chi connectivity index (χ0v) is 20.1. The van der Waals surface area contributed by atoms with Crippen LogP contribution in [-0.4, -0.2) is 45.1 Å². The van der Waals surface area contributed by atoms with Gasteiger partial charge in [0.15, 0.2) is 23.9 Å². The van der Waals surface area contributed by atoms with E-state index in [4.69, 9.17) is 37.4 Å². The summed E-state index contributed by atoms with van der Waals surface area (Å²) in [6.07, 6.45) is 1.30. The minimum atomic E-state index is -3.92. The number of carbonyl (C=O) groups is 2. The summed E-state index contributed by atoms with van der Waals surface area (Å²) >= 11 is 11.7. The summed E-state index contributed by atoms with van der Waals surface area (Å²) in [6.45, 7) is 0.136. The Kier molecular flexibility index (Phi) is 7.29. The number of pyridine rings is 1. The Balaban J connectivity index is 1.34. The Morgan fingerprint density at radius 2 is 1.71 bits per heavy atom. The SMILES string of the molecule is O=C(COC(=O)c1ccc(NS(=O)(=O)c2ccc3c(c2)OCCO3)cc1)Nc1ncc(Cl)cc1Cl. The number of anilines is 2. The minimum absolute atomic E-state index is 0.00784. The van der Waals surface area contributed by atoms with E-state index in [-0.39, 0.29) is 27.0 Å². The van der Waals surface area contributed by atoms with Crippen molar-refractivity contribution in [1.29, 1.82) is 0 Å². The van der Waals surface area contributed by atoms with Gasteiger partial charge in [-0.05, 0) is 42.5 Å². The Morgan fingerprint density at radius 3 is 2.43 bits per heavy atom. The van der Waals surface area contributed by atoms with Crippen LogP contribution in [0.5, 0.6) is 11.5 Å². The standard InChI is InChI=1S/C22H17Cl2N3O7S/c23-14-9-17(24)21(25-11-14)26-20(28)12-34-22(29)13-1-3-15(4-2-13)27-35(30,31)16-5-6-18-19(10-16)33-8-7-32-18/h1-6,9-11,27H,7-8,12H2,(H,25,26,28). The second-order valence-corrected chi connectivity index (χ2v) is 9.62. The third-order valence-electron chi connectivity index (χ3n) is 4.60. The fraction of sp³-hybridized carbons (Fsp3) is 0.136. The monoisotopic (exact) mass is 537 g/mol. The van der Waals surface area contributed by atoms with Gasteiger partial charge in [0.1, 0.15) is 13.2 Å². The number of carbonyl (C=O) groups excluding carboxylic acids is 2. The second kappa shape index (κ2) is 10.4. The molecule has 1 aliphatic rings. The first-order chi connectivity index (χ1) is 16.7. The second-order valence-electron chi connectivity index (χ2n) is 7.10. The van der Waals surface area contributed by atoms with E-state index in [1.54, 1.807) is 0 Å². The van der Waals surface area contributed by atoms with Crippen LogP contribution < -0.4 is 19.5 Å². The molecule has 0 saturated carbocycles. The molecule has 0 bridgehead atoms. The number of ether oxygens (including phenoxy) is 3. The molecular formula is C22H17Cl2N3O7S. The van der Waals surface area contributed by atoms with Gasteiger partial charge in [0.05, 0.1) is 20.5 Å². The molecule has 13 heteroatoms. The van der Waals surface area contributed by atoms with Crippen LogP contribution in [-0.2, 0) is 19.6 Å². The predicted octanol–water partition coefficient (Wildman–Crippen LogP) is 3.76. The average molecular weight is 538 g/mol. The number of aromatic nitrogens is 1. The van der Waals surface area contributed by atoms with E-state index < -0.39 is 28.5 Å². The molecule has 0 unspecified atom stereocenters. The highest BCUT2D eigenvalue weighted by molar-refractivity contribution is 7.92. The highest BCUT2D eigenvalue weighted by atomic mass is 35.5. The molecule has 2 heterocycles. The van der Waals surface area contributed by atoms with Gasteiger partial charge in [-0.3, -0.25) is 9.52 Å². The molecule has 1 aromatic heterocycles. The summed E-state index contributed by atoms with van der Waals surface area (Å²) in [5.74, 6) is -0.545. The van der Waals surface area contributed by atoms with E-state index in [0.29, 0.717) is 29.7 Å². The first-order valence-electron chi connectivity index (χ1n) is 10.0. The molecule has 35 heavy (non-hydrogen) atoms. The number of amides is 1. The molecule has 0 saturated heterocycles. The summed E-state index contributed by atoms with van der Waals surface area (Å²) < 4.78 is 43.6.